The lowest BCUT2D eigenvalue weighted by Gasteiger charge is -2.04. The lowest BCUT2D eigenvalue weighted by atomic mass is 10.1. The van der Waals surface area contributed by atoms with Crippen LogP contribution >= 0.6 is 0 Å². The van der Waals surface area contributed by atoms with Gasteiger partial charge in [0.25, 0.3) is 0 Å². The molecule has 1 atom stereocenters. The number of aliphatic hydroxyl groups is 1. The number of aliphatic hydroxyl groups excluding tert-OH is 1. The summed E-state index contributed by atoms with van der Waals surface area (Å²) >= 11 is 0. The van der Waals surface area contributed by atoms with Crippen molar-refractivity contribution in [1.82, 2.24) is 14.6 Å². The Kier molecular flexibility index (Phi) is 2.34. The molecule has 0 spiro atoms. The van der Waals surface area contributed by atoms with Crippen molar-refractivity contribution >= 4 is 11.6 Å². The Labute approximate surface area is 84.8 Å². The fourth-order valence-electron chi connectivity index (χ4n) is 1.26. The third-order valence-corrected chi connectivity index (χ3v) is 2.01. The average molecular weight is 207 g/mol. The Bertz CT molecular complexity index is 494. The van der Waals surface area contributed by atoms with Crippen LogP contribution in [0.4, 0.5) is 0 Å². The minimum absolute atomic E-state index is 0.0259. The average Bonchev–Trinajstić information content (AvgIpc) is 2.64. The fourth-order valence-corrected chi connectivity index (χ4v) is 1.26. The second-order valence-electron chi connectivity index (χ2n) is 3.15. The minimum atomic E-state index is -1.40. The molecule has 2 N–H and O–H groups in total. The van der Waals surface area contributed by atoms with Gasteiger partial charge in [-0.15, -0.1) is 0 Å². The number of carboxylic acids is 1. The van der Waals surface area contributed by atoms with Crippen LogP contribution in [0.1, 0.15) is 5.56 Å². The van der Waals surface area contributed by atoms with E-state index in [-0.39, 0.29) is 6.42 Å². The van der Waals surface area contributed by atoms with Crippen LogP contribution in [0.3, 0.4) is 0 Å². The Morgan fingerprint density at radius 3 is 3.13 bits per heavy atom. The molecule has 78 valence electrons. The maximum absolute atomic E-state index is 10.4. The molecule has 2 aromatic heterocycles. The molecule has 6 heteroatoms. The molecule has 0 bridgehead atoms. The fraction of sp³-hybridized carbons (Fsp3) is 0.222. The summed E-state index contributed by atoms with van der Waals surface area (Å²) in [6, 6.07) is 1.73. The summed E-state index contributed by atoms with van der Waals surface area (Å²) in [7, 11) is 0. The highest BCUT2D eigenvalue weighted by Gasteiger charge is 2.14. The Balaban J connectivity index is 2.24. The van der Waals surface area contributed by atoms with Crippen molar-refractivity contribution in [2.45, 2.75) is 12.5 Å². The molecular formula is C9H9N3O3. The van der Waals surface area contributed by atoms with Crippen molar-refractivity contribution < 1.29 is 15.0 Å². The topological polar surface area (TPSA) is 87.7 Å². The zero-order valence-corrected chi connectivity index (χ0v) is 7.74. The van der Waals surface area contributed by atoms with E-state index in [0.29, 0.717) is 11.2 Å². The van der Waals surface area contributed by atoms with Crippen LogP contribution < -0.4 is 0 Å². The van der Waals surface area contributed by atoms with Gasteiger partial charge in [0, 0.05) is 24.9 Å². The van der Waals surface area contributed by atoms with Crippen LogP contribution in [0.2, 0.25) is 0 Å². The SMILES string of the molecule is O=C(O)C(O)Cc1cnc2ccnn2c1. The highest BCUT2D eigenvalue weighted by Crippen LogP contribution is 2.04. The van der Waals surface area contributed by atoms with Gasteiger partial charge in [0.2, 0.25) is 0 Å². The summed E-state index contributed by atoms with van der Waals surface area (Å²) in [5.74, 6) is -1.24. The summed E-state index contributed by atoms with van der Waals surface area (Å²) in [5, 5.41) is 21.6. The summed E-state index contributed by atoms with van der Waals surface area (Å²) in [6.07, 6.45) is 3.40. The lowest BCUT2D eigenvalue weighted by molar-refractivity contribution is -0.146. The van der Waals surface area contributed by atoms with Crippen LogP contribution in [-0.4, -0.2) is 36.9 Å². The molecule has 15 heavy (non-hydrogen) atoms. The van der Waals surface area contributed by atoms with Crippen molar-refractivity contribution in [3.05, 3.63) is 30.2 Å². The monoisotopic (exact) mass is 207 g/mol. The van der Waals surface area contributed by atoms with Crippen LogP contribution in [-0.2, 0) is 11.2 Å². The number of carbonyl (C=O) groups is 1. The first-order valence-corrected chi connectivity index (χ1v) is 4.36. The molecule has 0 amide bonds. The number of carboxylic acid groups (broad SMARTS) is 1. The van der Waals surface area contributed by atoms with Gasteiger partial charge in [-0.2, -0.15) is 5.10 Å². The van der Waals surface area contributed by atoms with E-state index in [1.54, 1.807) is 18.5 Å². The van der Waals surface area contributed by atoms with Gasteiger partial charge in [-0.05, 0) is 5.56 Å². The molecule has 1 unspecified atom stereocenters. The summed E-state index contributed by atoms with van der Waals surface area (Å²) in [6.45, 7) is 0. The van der Waals surface area contributed by atoms with Gasteiger partial charge in [0.15, 0.2) is 11.8 Å². The largest absolute Gasteiger partial charge is 0.479 e. The van der Waals surface area contributed by atoms with E-state index in [4.69, 9.17) is 10.2 Å². The number of nitrogens with zero attached hydrogens (tertiary/aromatic N) is 3. The summed E-state index contributed by atoms with van der Waals surface area (Å²) < 4.78 is 1.53. The molecule has 6 nitrogen and oxygen atoms in total. The maximum atomic E-state index is 10.4. The molecule has 0 saturated carbocycles. The number of rotatable bonds is 3. The highest BCUT2D eigenvalue weighted by atomic mass is 16.4. The first kappa shape index (κ1) is 9.60. The highest BCUT2D eigenvalue weighted by molar-refractivity contribution is 5.72. The molecule has 0 fully saturated rings. The molecule has 2 aromatic rings. The van der Waals surface area contributed by atoms with Gasteiger partial charge in [0.1, 0.15) is 0 Å². The third-order valence-electron chi connectivity index (χ3n) is 2.01. The van der Waals surface area contributed by atoms with Crippen molar-refractivity contribution in [2.24, 2.45) is 0 Å². The van der Waals surface area contributed by atoms with E-state index >= 15 is 0 Å². The maximum Gasteiger partial charge on any atom is 0.332 e. The van der Waals surface area contributed by atoms with E-state index in [1.165, 1.54) is 10.7 Å². The molecule has 0 aliphatic carbocycles. The van der Waals surface area contributed by atoms with Crippen LogP contribution in [0, 0.1) is 0 Å². The number of aliphatic carboxylic acids is 1. The molecule has 2 rings (SSSR count). The predicted octanol–water partition coefficient (Wildman–Crippen LogP) is -0.283. The van der Waals surface area contributed by atoms with Gasteiger partial charge in [-0.25, -0.2) is 14.3 Å². The number of fused-ring (bicyclic) bond motifs is 1. The second kappa shape index (κ2) is 3.66. The predicted molar refractivity (Wildman–Crippen MR) is 50.3 cm³/mol. The summed E-state index contributed by atoms with van der Waals surface area (Å²) in [5.41, 5.74) is 1.31. The van der Waals surface area contributed by atoms with Crippen molar-refractivity contribution in [3.63, 3.8) is 0 Å². The van der Waals surface area contributed by atoms with E-state index in [9.17, 15) is 4.79 Å². The van der Waals surface area contributed by atoms with Crippen LogP contribution in [0.15, 0.2) is 24.7 Å². The van der Waals surface area contributed by atoms with Gasteiger partial charge in [-0.1, -0.05) is 0 Å². The van der Waals surface area contributed by atoms with E-state index in [0.717, 1.165) is 0 Å². The van der Waals surface area contributed by atoms with Crippen LogP contribution in [0.25, 0.3) is 5.65 Å². The molecule has 0 aliphatic heterocycles. The molecular weight excluding hydrogens is 198 g/mol. The zero-order chi connectivity index (χ0) is 10.8. The van der Waals surface area contributed by atoms with Crippen molar-refractivity contribution in [1.29, 1.82) is 0 Å². The molecule has 0 saturated heterocycles. The molecule has 2 heterocycles. The normalized spacial score (nSPS) is 12.9. The first-order valence-electron chi connectivity index (χ1n) is 4.36. The second-order valence-corrected chi connectivity index (χ2v) is 3.15. The van der Waals surface area contributed by atoms with Crippen molar-refractivity contribution in [3.8, 4) is 0 Å². The van der Waals surface area contributed by atoms with E-state index in [2.05, 4.69) is 10.1 Å². The van der Waals surface area contributed by atoms with Gasteiger partial charge >= 0.3 is 5.97 Å². The van der Waals surface area contributed by atoms with Gasteiger partial charge in [0.05, 0.1) is 6.20 Å². The third kappa shape index (κ3) is 1.94. The van der Waals surface area contributed by atoms with Crippen LogP contribution in [0.5, 0.6) is 0 Å². The van der Waals surface area contributed by atoms with E-state index in [1.807, 2.05) is 0 Å². The smallest absolute Gasteiger partial charge is 0.332 e. The molecule has 0 radical (unpaired) electrons. The van der Waals surface area contributed by atoms with Gasteiger partial charge < -0.3 is 10.2 Å². The number of aromatic nitrogens is 3. The van der Waals surface area contributed by atoms with E-state index < -0.39 is 12.1 Å². The first-order chi connectivity index (χ1) is 7.16. The Hall–Kier alpha value is -1.95. The Morgan fingerprint density at radius 1 is 1.60 bits per heavy atom. The zero-order valence-electron chi connectivity index (χ0n) is 7.74. The van der Waals surface area contributed by atoms with Crippen molar-refractivity contribution in [2.75, 3.05) is 0 Å². The minimum Gasteiger partial charge on any atom is -0.479 e. The molecule has 0 aliphatic rings. The lowest BCUT2D eigenvalue weighted by Crippen LogP contribution is -2.22. The quantitative estimate of drug-likeness (QED) is 0.722. The molecule has 0 aromatic carbocycles. The summed E-state index contributed by atoms with van der Waals surface area (Å²) in [4.78, 5) is 14.5. The standard InChI is InChI=1S/C9H9N3O3/c13-7(9(14)15)3-6-4-10-8-1-2-11-12(8)5-6/h1-2,4-5,7,13H,3H2,(H,14,15). The Morgan fingerprint density at radius 2 is 2.40 bits per heavy atom. The number of hydrogen-bond acceptors (Lipinski definition) is 4. The number of hydrogen-bond donors (Lipinski definition) is 2. The van der Waals surface area contributed by atoms with Gasteiger partial charge in [-0.3, -0.25) is 0 Å².